The van der Waals surface area contributed by atoms with Crippen LogP contribution in [0.3, 0.4) is 0 Å². The minimum atomic E-state index is -1.52. The van der Waals surface area contributed by atoms with Crippen molar-refractivity contribution in [2.45, 2.75) is 6.04 Å². The van der Waals surface area contributed by atoms with Gasteiger partial charge in [0.05, 0.1) is 28.3 Å². The lowest BCUT2D eigenvalue weighted by molar-refractivity contribution is -0.383. The van der Waals surface area contributed by atoms with Gasteiger partial charge < -0.3 is 20.8 Å². The molecule has 1 atom stereocenters. The smallest absolute Gasteiger partial charge is 0.328 e. The number of aliphatic hydroxyl groups is 1. The van der Waals surface area contributed by atoms with E-state index in [0.717, 1.165) is 16.8 Å². The molecule has 0 spiro atoms. The fraction of sp³-hybridized carbons (Fsp3) is 0.0870. The molecule has 10 heteroatoms. The number of rotatable bonds is 7. The third kappa shape index (κ3) is 4.27. The number of benzene rings is 3. The van der Waals surface area contributed by atoms with Gasteiger partial charge in [0.15, 0.2) is 6.04 Å². The second-order valence-electron chi connectivity index (χ2n) is 7.18. The molecule has 0 aliphatic carbocycles. The summed E-state index contributed by atoms with van der Waals surface area (Å²) >= 11 is 0. The van der Waals surface area contributed by atoms with E-state index in [-0.39, 0.29) is 16.9 Å². The van der Waals surface area contributed by atoms with Crippen LogP contribution in [0.5, 0.6) is 0 Å². The Morgan fingerprint density at radius 3 is 2.15 bits per heavy atom. The van der Waals surface area contributed by atoms with E-state index >= 15 is 0 Å². The molecule has 0 unspecified atom stereocenters. The Morgan fingerprint density at radius 1 is 1.00 bits per heavy atom. The average molecular weight is 446 g/mol. The molecule has 1 aromatic heterocycles. The first kappa shape index (κ1) is 21.7. The van der Waals surface area contributed by atoms with Crippen molar-refractivity contribution < 1.29 is 24.7 Å². The maximum Gasteiger partial charge on any atom is 0.328 e. The molecule has 0 saturated carbocycles. The average Bonchev–Trinajstić information content (AvgIpc) is 2.82. The summed E-state index contributed by atoms with van der Waals surface area (Å²) in [6.07, 6.45) is 0. The number of nitrogens with one attached hydrogen (secondary N) is 2. The van der Waals surface area contributed by atoms with E-state index < -0.39 is 29.4 Å². The van der Waals surface area contributed by atoms with Crippen molar-refractivity contribution in [3.8, 4) is 0 Å². The van der Waals surface area contributed by atoms with Crippen molar-refractivity contribution in [3.05, 3.63) is 82.4 Å². The number of para-hydroxylation sites is 2. The number of anilines is 2. The van der Waals surface area contributed by atoms with E-state index in [1.807, 2.05) is 48.5 Å². The SMILES string of the molecule is O=C(N[C@@H](CO)C(=O)O)c1ccc(Nc2c3ccccc3nc3ccccc23)c([N+](=O)[O-])c1. The number of nitro groups is 1. The number of carboxylic acids is 1. The van der Waals surface area contributed by atoms with Gasteiger partial charge in [0.2, 0.25) is 0 Å². The second-order valence-corrected chi connectivity index (χ2v) is 7.18. The van der Waals surface area contributed by atoms with Crippen LogP contribution in [0.25, 0.3) is 21.8 Å². The molecular formula is C23H18N4O6. The van der Waals surface area contributed by atoms with Gasteiger partial charge in [-0.15, -0.1) is 0 Å². The third-order valence-electron chi connectivity index (χ3n) is 5.09. The van der Waals surface area contributed by atoms with Gasteiger partial charge in [0, 0.05) is 22.4 Å². The van der Waals surface area contributed by atoms with Crippen LogP contribution in [-0.4, -0.2) is 44.6 Å². The highest BCUT2D eigenvalue weighted by Crippen LogP contribution is 2.36. The molecule has 10 nitrogen and oxygen atoms in total. The van der Waals surface area contributed by atoms with Gasteiger partial charge in [0.25, 0.3) is 11.6 Å². The fourth-order valence-corrected chi connectivity index (χ4v) is 3.47. The quantitative estimate of drug-likeness (QED) is 0.192. The monoisotopic (exact) mass is 446 g/mol. The summed E-state index contributed by atoms with van der Waals surface area (Å²) in [5.41, 5.74) is 1.71. The molecule has 1 heterocycles. The van der Waals surface area contributed by atoms with E-state index in [1.54, 1.807) is 0 Å². The number of carbonyl (C=O) groups is 2. The normalized spacial score (nSPS) is 11.8. The minimum Gasteiger partial charge on any atom is -0.480 e. The molecule has 4 N–H and O–H groups in total. The van der Waals surface area contributed by atoms with Gasteiger partial charge >= 0.3 is 5.97 Å². The lowest BCUT2D eigenvalue weighted by Gasteiger charge is -2.15. The Hall–Kier alpha value is -4.57. The van der Waals surface area contributed by atoms with Crippen molar-refractivity contribution >= 4 is 50.7 Å². The minimum absolute atomic E-state index is 0.114. The summed E-state index contributed by atoms with van der Waals surface area (Å²) in [6.45, 7) is -0.814. The maximum absolute atomic E-state index is 12.4. The molecular weight excluding hydrogens is 428 g/mol. The summed E-state index contributed by atoms with van der Waals surface area (Å²) in [7, 11) is 0. The van der Waals surface area contributed by atoms with Crippen molar-refractivity contribution in [2.75, 3.05) is 11.9 Å². The van der Waals surface area contributed by atoms with Crippen LogP contribution in [0.1, 0.15) is 10.4 Å². The van der Waals surface area contributed by atoms with E-state index in [9.17, 15) is 19.7 Å². The van der Waals surface area contributed by atoms with Crippen LogP contribution >= 0.6 is 0 Å². The van der Waals surface area contributed by atoms with Crippen LogP contribution in [-0.2, 0) is 4.79 Å². The molecule has 4 aromatic rings. The van der Waals surface area contributed by atoms with Crippen molar-refractivity contribution in [1.82, 2.24) is 10.3 Å². The number of fused-ring (bicyclic) bond motifs is 2. The molecule has 0 bridgehead atoms. The number of hydrogen-bond acceptors (Lipinski definition) is 7. The van der Waals surface area contributed by atoms with Gasteiger partial charge in [0.1, 0.15) is 5.69 Å². The topological polar surface area (TPSA) is 155 Å². The first-order valence-corrected chi connectivity index (χ1v) is 9.86. The molecule has 0 aliphatic heterocycles. The number of amides is 1. The highest BCUT2D eigenvalue weighted by Gasteiger charge is 2.23. The molecule has 1 amide bonds. The van der Waals surface area contributed by atoms with Gasteiger partial charge in [-0.2, -0.15) is 0 Å². The number of aromatic nitrogens is 1. The number of pyridine rings is 1. The summed E-state index contributed by atoms with van der Waals surface area (Å²) < 4.78 is 0. The second kappa shape index (κ2) is 8.89. The zero-order chi connectivity index (χ0) is 23.5. The molecule has 0 saturated heterocycles. The van der Waals surface area contributed by atoms with Gasteiger partial charge in [-0.1, -0.05) is 36.4 Å². The summed E-state index contributed by atoms with van der Waals surface area (Å²) in [4.78, 5) is 39.2. The largest absolute Gasteiger partial charge is 0.480 e. The Labute approximate surface area is 186 Å². The van der Waals surface area contributed by atoms with Gasteiger partial charge in [-0.25, -0.2) is 9.78 Å². The molecule has 0 radical (unpaired) electrons. The Kier molecular flexibility index (Phi) is 5.83. The van der Waals surface area contributed by atoms with Crippen LogP contribution in [0, 0.1) is 10.1 Å². The molecule has 3 aromatic carbocycles. The van der Waals surface area contributed by atoms with E-state index in [1.165, 1.54) is 12.1 Å². The first-order valence-electron chi connectivity index (χ1n) is 9.86. The Bertz CT molecular complexity index is 1350. The number of carboxylic acid groups (broad SMARTS) is 1. The highest BCUT2D eigenvalue weighted by molar-refractivity contribution is 6.09. The standard InChI is InChI=1S/C23H18N4O6/c28-12-19(23(30)31)26-22(29)13-9-10-18(20(11-13)27(32)33)25-21-14-5-1-3-7-16(14)24-17-8-4-2-6-15(17)21/h1-11,19,28H,12H2,(H,24,25)(H,26,29)(H,30,31)/t19-/m0/s1. The number of nitro benzene ring substituents is 1. The number of hydrogen-bond donors (Lipinski definition) is 4. The predicted octanol–water partition coefficient (Wildman–Crippen LogP) is 3.22. The zero-order valence-corrected chi connectivity index (χ0v) is 17.1. The van der Waals surface area contributed by atoms with Crippen LogP contribution < -0.4 is 10.6 Å². The Balaban J connectivity index is 1.78. The predicted molar refractivity (Wildman–Crippen MR) is 122 cm³/mol. The van der Waals surface area contributed by atoms with Gasteiger partial charge in [-0.05, 0) is 24.3 Å². The van der Waals surface area contributed by atoms with Crippen molar-refractivity contribution in [3.63, 3.8) is 0 Å². The zero-order valence-electron chi connectivity index (χ0n) is 17.1. The summed E-state index contributed by atoms with van der Waals surface area (Å²) in [6, 6.07) is 17.0. The fourth-order valence-electron chi connectivity index (χ4n) is 3.47. The summed E-state index contributed by atoms with van der Waals surface area (Å²) in [5, 5.41) is 36.7. The van der Waals surface area contributed by atoms with E-state index in [4.69, 9.17) is 10.2 Å². The summed E-state index contributed by atoms with van der Waals surface area (Å²) in [5.74, 6) is -2.28. The molecule has 166 valence electrons. The van der Waals surface area contributed by atoms with E-state index in [2.05, 4.69) is 15.6 Å². The highest BCUT2D eigenvalue weighted by atomic mass is 16.6. The number of nitrogens with zero attached hydrogens (tertiary/aromatic N) is 2. The third-order valence-corrected chi connectivity index (χ3v) is 5.09. The molecule has 4 rings (SSSR count). The number of carbonyl (C=O) groups excluding carboxylic acids is 1. The lowest BCUT2D eigenvalue weighted by atomic mass is 10.1. The maximum atomic E-state index is 12.4. The molecule has 33 heavy (non-hydrogen) atoms. The molecule has 0 fully saturated rings. The molecule has 0 aliphatic rings. The van der Waals surface area contributed by atoms with Crippen molar-refractivity contribution in [2.24, 2.45) is 0 Å². The number of aliphatic hydroxyl groups excluding tert-OH is 1. The Morgan fingerprint density at radius 2 is 1.61 bits per heavy atom. The van der Waals surface area contributed by atoms with Gasteiger partial charge in [-0.3, -0.25) is 14.9 Å². The van der Waals surface area contributed by atoms with Crippen LogP contribution in [0.4, 0.5) is 17.1 Å². The van der Waals surface area contributed by atoms with Crippen LogP contribution in [0.15, 0.2) is 66.7 Å². The number of aliphatic carboxylic acids is 1. The van der Waals surface area contributed by atoms with Crippen LogP contribution in [0.2, 0.25) is 0 Å². The van der Waals surface area contributed by atoms with Crippen molar-refractivity contribution in [1.29, 1.82) is 0 Å². The van der Waals surface area contributed by atoms with E-state index in [0.29, 0.717) is 16.7 Å². The first-order chi connectivity index (χ1) is 15.9. The lowest BCUT2D eigenvalue weighted by Crippen LogP contribution is -2.43.